The number of fused-ring (bicyclic) bond motifs is 3. The molecule has 0 spiro atoms. The van der Waals surface area contributed by atoms with Crippen molar-refractivity contribution in [2.45, 2.75) is 98.7 Å². The number of rotatable bonds is 2. The van der Waals surface area contributed by atoms with E-state index in [9.17, 15) is 4.79 Å². The second-order valence-corrected chi connectivity index (χ2v) is 18.9. The van der Waals surface area contributed by atoms with Gasteiger partial charge in [-0.1, -0.05) is 59.3 Å². The first-order valence-electron chi connectivity index (χ1n) is 18.3. The van der Waals surface area contributed by atoms with E-state index in [0.29, 0.717) is 17.9 Å². The number of benzene rings is 3. The Kier molecular flexibility index (Phi) is 12.1. The average molecular weight is 754 g/mol. The zero-order valence-corrected chi connectivity index (χ0v) is 34.3. The van der Waals surface area contributed by atoms with Gasteiger partial charge in [-0.2, -0.15) is 0 Å². The first-order valence-corrected chi connectivity index (χ1v) is 21.3. The molecule has 0 amide bonds. The Bertz CT molecular complexity index is 2110. The zero-order valence-electron chi connectivity index (χ0n) is 31.9. The lowest BCUT2D eigenvalue weighted by Crippen LogP contribution is -2.22. The number of nitrogens with zero attached hydrogens (tertiary/aromatic N) is 1. The molecule has 0 bridgehead atoms. The van der Waals surface area contributed by atoms with E-state index < -0.39 is 0 Å². The number of hydrogen-bond acceptors (Lipinski definition) is 6. The van der Waals surface area contributed by atoms with Crippen LogP contribution in [0.25, 0.3) is 0 Å². The van der Waals surface area contributed by atoms with Gasteiger partial charge in [-0.05, 0) is 161 Å². The number of aromatic nitrogens is 1. The average Bonchev–Trinajstić information content (AvgIpc) is 3.13. The fourth-order valence-electron chi connectivity index (χ4n) is 6.59. The van der Waals surface area contributed by atoms with Gasteiger partial charge in [0.2, 0.25) is 0 Å². The normalized spacial score (nSPS) is 16.8. The number of ether oxygens (including phenoxy) is 1. The summed E-state index contributed by atoms with van der Waals surface area (Å²) in [5.41, 5.74) is 9.09. The zero-order chi connectivity index (χ0) is 37.6. The summed E-state index contributed by atoms with van der Waals surface area (Å²) in [7, 11) is 0. The Morgan fingerprint density at radius 1 is 0.623 bits per heavy atom. The molecule has 0 N–H and O–H groups in total. The van der Waals surface area contributed by atoms with E-state index in [4.69, 9.17) is 4.74 Å². The summed E-state index contributed by atoms with van der Waals surface area (Å²) in [4.78, 5) is 20.0. The second kappa shape index (κ2) is 16.6. The summed E-state index contributed by atoms with van der Waals surface area (Å²) in [6.07, 6.45) is 5.12. The van der Waals surface area contributed by atoms with Crippen LogP contribution in [-0.4, -0.2) is 34.8 Å². The monoisotopic (exact) mass is 753 g/mol. The van der Waals surface area contributed by atoms with E-state index >= 15 is 0 Å². The lowest BCUT2D eigenvalue weighted by atomic mass is 9.81. The van der Waals surface area contributed by atoms with E-state index in [2.05, 4.69) is 137 Å². The third-order valence-electron chi connectivity index (χ3n) is 10.2. The van der Waals surface area contributed by atoms with Gasteiger partial charge in [0.1, 0.15) is 5.69 Å². The fraction of sp³-hybridized carbons (Fsp3) is 0.362. The van der Waals surface area contributed by atoms with E-state index in [-0.39, 0.29) is 22.2 Å². The topological polar surface area (TPSA) is 39.2 Å². The number of pyridine rings is 1. The number of carbonyl (C=O) groups is 1. The Morgan fingerprint density at radius 3 is 1.45 bits per heavy atom. The molecule has 1 aromatic heterocycles. The van der Waals surface area contributed by atoms with E-state index in [1.54, 1.807) is 19.1 Å². The second-order valence-electron chi connectivity index (χ2n) is 15.5. The smallest absolute Gasteiger partial charge is 0.339 e. The van der Waals surface area contributed by atoms with Crippen molar-refractivity contribution in [3.63, 3.8) is 0 Å². The minimum atomic E-state index is -0.357. The van der Waals surface area contributed by atoms with Crippen molar-refractivity contribution in [2.75, 3.05) is 23.9 Å². The maximum Gasteiger partial charge on any atom is 0.339 e. The van der Waals surface area contributed by atoms with E-state index in [0.717, 1.165) is 16.7 Å². The van der Waals surface area contributed by atoms with Crippen LogP contribution in [0.1, 0.15) is 117 Å². The predicted octanol–water partition coefficient (Wildman–Crippen LogP) is 11.1. The largest absolute Gasteiger partial charge is 0.462 e. The molecule has 6 heteroatoms. The summed E-state index contributed by atoms with van der Waals surface area (Å²) in [6.45, 7) is 16.0. The van der Waals surface area contributed by atoms with Crippen LogP contribution in [0.3, 0.4) is 0 Å². The van der Waals surface area contributed by atoms with E-state index in [1.807, 2.05) is 35.3 Å². The van der Waals surface area contributed by atoms with Crippen LogP contribution in [0.15, 0.2) is 87.6 Å². The molecule has 0 fully saturated rings. The molecule has 0 atom stereocenters. The van der Waals surface area contributed by atoms with Crippen molar-refractivity contribution in [3.05, 3.63) is 118 Å². The van der Waals surface area contributed by atoms with Crippen molar-refractivity contribution in [3.8, 4) is 35.5 Å². The van der Waals surface area contributed by atoms with Gasteiger partial charge in [0.15, 0.2) is 0 Å². The molecule has 3 aromatic carbocycles. The van der Waals surface area contributed by atoms with Crippen LogP contribution in [0, 0.1) is 35.5 Å². The van der Waals surface area contributed by atoms with E-state index in [1.165, 1.54) is 74.1 Å². The van der Waals surface area contributed by atoms with Crippen molar-refractivity contribution in [1.82, 2.24) is 4.98 Å². The van der Waals surface area contributed by atoms with Gasteiger partial charge in [-0.25, -0.2) is 9.78 Å². The number of esters is 1. The third kappa shape index (κ3) is 9.58. The highest BCUT2D eigenvalue weighted by atomic mass is 32.2. The molecule has 0 aliphatic carbocycles. The standard InChI is InChI=1S/C26H26S2.C21H21NO2S/c1-25(2)13-15-27-23-11-9-19(17-21(23)25)7-5-6-8-20-10-12-24-22(18-20)26(3,4)14-16-28-24;1-4-24-20(23)16-7-9-17(22-14-16)8-5-15-6-10-19-18(13-15)21(2,3)11-12-25-19/h9-12,17-18H,13-16H2,1-4H3;6-7,9-10,13-14H,4,11-12H2,1-3H3. The summed E-state index contributed by atoms with van der Waals surface area (Å²) < 4.78 is 4.95. The highest BCUT2D eigenvalue weighted by Crippen LogP contribution is 2.43. The van der Waals surface area contributed by atoms with Gasteiger partial charge in [-0.15, -0.1) is 35.3 Å². The molecule has 3 aliphatic rings. The van der Waals surface area contributed by atoms with Crippen LogP contribution in [0.2, 0.25) is 0 Å². The highest BCUT2D eigenvalue weighted by Gasteiger charge is 2.29. The summed E-state index contributed by atoms with van der Waals surface area (Å²) in [5, 5.41) is 0. The van der Waals surface area contributed by atoms with Gasteiger partial charge in [0, 0.05) is 37.6 Å². The molecule has 3 nitrogen and oxygen atoms in total. The molecule has 3 aliphatic heterocycles. The molecule has 0 unspecified atom stereocenters. The Hall–Kier alpha value is -3.99. The van der Waals surface area contributed by atoms with Crippen molar-refractivity contribution in [2.24, 2.45) is 0 Å². The molecule has 4 heterocycles. The summed E-state index contributed by atoms with van der Waals surface area (Å²) >= 11 is 5.83. The van der Waals surface area contributed by atoms with Gasteiger partial charge < -0.3 is 4.74 Å². The maximum absolute atomic E-state index is 11.6. The van der Waals surface area contributed by atoms with Crippen LogP contribution in [-0.2, 0) is 21.0 Å². The van der Waals surface area contributed by atoms with Crippen molar-refractivity contribution < 1.29 is 9.53 Å². The van der Waals surface area contributed by atoms with Crippen LogP contribution in [0.5, 0.6) is 0 Å². The number of carbonyl (C=O) groups excluding carboxylic acids is 1. The number of thioether (sulfide) groups is 3. The third-order valence-corrected chi connectivity index (χ3v) is 13.4. The molecule has 0 saturated carbocycles. The first-order chi connectivity index (χ1) is 25.3. The highest BCUT2D eigenvalue weighted by molar-refractivity contribution is 7.99. The molecule has 53 heavy (non-hydrogen) atoms. The molecule has 270 valence electrons. The predicted molar refractivity (Wildman–Crippen MR) is 224 cm³/mol. The first kappa shape index (κ1) is 38.7. The lowest BCUT2D eigenvalue weighted by molar-refractivity contribution is 0.0526. The van der Waals surface area contributed by atoms with Gasteiger partial charge >= 0.3 is 5.97 Å². The molecule has 4 aromatic rings. The van der Waals surface area contributed by atoms with Gasteiger partial charge in [0.05, 0.1) is 12.2 Å². The van der Waals surface area contributed by atoms with Gasteiger partial charge in [0.25, 0.3) is 0 Å². The number of hydrogen-bond donors (Lipinski definition) is 0. The maximum atomic E-state index is 11.6. The minimum Gasteiger partial charge on any atom is -0.462 e. The Morgan fingerprint density at radius 2 is 1.06 bits per heavy atom. The summed E-state index contributed by atoms with van der Waals surface area (Å²) in [5.74, 6) is 22.1. The van der Waals surface area contributed by atoms with Crippen molar-refractivity contribution in [1.29, 1.82) is 0 Å². The molecule has 7 rings (SSSR count). The van der Waals surface area contributed by atoms with Crippen LogP contribution in [0.4, 0.5) is 0 Å². The minimum absolute atomic E-state index is 0.192. The van der Waals surface area contributed by atoms with Crippen molar-refractivity contribution >= 4 is 41.3 Å². The quantitative estimate of drug-likeness (QED) is 0.150. The Labute approximate surface area is 329 Å². The molecule has 0 radical (unpaired) electrons. The van der Waals surface area contributed by atoms with Crippen LogP contribution >= 0.6 is 35.3 Å². The fourth-order valence-corrected chi connectivity index (χ4v) is 11.0. The molecule has 0 saturated heterocycles. The Balaban J connectivity index is 0.000000183. The summed E-state index contributed by atoms with van der Waals surface area (Å²) in [6, 6.07) is 23.1. The lowest BCUT2D eigenvalue weighted by Gasteiger charge is -2.32. The van der Waals surface area contributed by atoms with Gasteiger partial charge in [-0.3, -0.25) is 0 Å². The molecular weight excluding hydrogens is 707 g/mol. The van der Waals surface area contributed by atoms with Crippen LogP contribution < -0.4 is 0 Å². The SMILES string of the molecule is CC1(C)CCSc2ccc(C#CC#Cc3ccc4c(c3)C(C)(C)CCS4)cc21.CCOC(=O)c1ccc(C#Cc2ccc3c(c2)C(C)(C)CCS3)nc1. The molecular formula is C47H47NO2S3.